The number of rotatable bonds is 5. The summed E-state index contributed by atoms with van der Waals surface area (Å²) in [6.45, 7) is 0.510. The Hall–Kier alpha value is -3.32. The van der Waals surface area contributed by atoms with Gasteiger partial charge in [0.25, 0.3) is 0 Å². The molecule has 1 N–H and O–H groups in total. The Bertz CT molecular complexity index is 912. The van der Waals surface area contributed by atoms with Gasteiger partial charge in [0.15, 0.2) is 0 Å². The molecule has 6 nitrogen and oxygen atoms in total. The van der Waals surface area contributed by atoms with Crippen molar-refractivity contribution < 1.29 is 19.0 Å². The topological polar surface area (TPSA) is 75.5 Å². The lowest BCUT2D eigenvalue weighted by Gasteiger charge is -2.41. The van der Waals surface area contributed by atoms with Gasteiger partial charge in [-0.05, 0) is 29.8 Å². The average molecular weight is 379 g/mol. The van der Waals surface area contributed by atoms with Gasteiger partial charge < -0.3 is 9.84 Å². The summed E-state index contributed by atoms with van der Waals surface area (Å²) in [6.07, 6.45) is 5.75. The second-order valence-corrected chi connectivity index (χ2v) is 6.51. The van der Waals surface area contributed by atoms with Gasteiger partial charge in [0.1, 0.15) is 18.0 Å². The summed E-state index contributed by atoms with van der Waals surface area (Å²) < 4.78 is 18.7. The van der Waals surface area contributed by atoms with Gasteiger partial charge in [0, 0.05) is 35.9 Å². The van der Waals surface area contributed by atoms with Crippen LogP contribution in [0.1, 0.15) is 22.7 Å². The molecule has 0 bridgehead atoms. The SMILES string of the molecule is O=C1OCCN1C(c1ccc(F)cc1)C(O)(c1cccnc1)c1cccnc1. The van der Waals surface area contributed by atoms with E-state index in [1.807, 2.05) is 0 Å². The van der Waals surface area contributed by atoms with Crippen LogP contribution in [0.5, 0.6) is 0 Å². The van der Waals surface area contributed by atoms with Crippen LogP contribution in [-0.2, 0) is 10.3 Å². The molecule has 3 aromatic rings. The first-order valence-corrected chi connectivity index (χ1v) is 8.83. The second kappa shape index (κ2) is 7.36. The van der Waals surface area contributed by atoms with Gasteiger partial charge in [-0.3, -0.25) is 14.9 Å². The van der Waals surface area contributed by atoms with E-state index in [1.165, 1.54) is 17.0 Å². The van der Waals surface area contributed by atoms with Crippen molar-refractivity contribution in [1.29, 1.82) is 0 Å². The molecule has 3 heterocycles. The zero-order valence-corrected chi connectivity index (χ0v) is 14.9. The first kappa shape index (κ1) is 18.1. The molecular formula is C21H18FN3O3. The Kier molecular flexibility index (Phi) is 4.75. The molecule has 1 amide bonds. The van der Waals surface area contributed by atoms with Crippen molar-refractivity contribution >= 4 is 6.09 Å². The molecule has 1 atom stereocenters. The molecule has 1 aromatic carbocycles. The highest BCUT2D eigenvalue weighted by molar-refractivity contribution is 5.70. The molecule has 7 heteroatoms. The van der Waals surface area contributed by atoms with Gasteiger partial charge in [0.2, 0.25) is 0 Å². The number of aliphatic hydroxyl groups is 1. The van der Waals surface area contributed by atoms with Crippen LogP contribution >= 0.6 is 0 Å². The maximum atomic E-state index is 13.6. The summed E-state index contributed by atoms with van der Waals surface area (Å²) in [6, 6.07) is 11.7. The van der Waals surface area contributed by atoms with Crippen LogP contribution in [0, 0.1) is 5.82 Å². The number of pyridine rings is 2. The Labute approximate surface area is 161 Å². The molecule has 28 heavy (non-hydrogen) atoms. The fraction of sp³-hybridized carbons (Fsp3) is 0.190. The predicted molar refractivity (Wildman–Crippen MR) is 98.7 cm³/mol. The zero-order chi connectivity index (χ0) is 19.6. The highest BCUT2D eigenvalue weighted by Crippen LogP contribution is 2.45. The molecule has 1 unspecified atom stereocenters. The summed E-state index contributed by atoms with van der Waals surface area (Å²) in [5, 5.41) is 12.1. The normalized spacial score (nSPS) is 15.4. The van der Waals surface area contributed by atoms with E-state index in [1.54, 1.807) is 61.2 Å². The second-order valence-electron chi connectivity index (χ2n) is 6.51. The molecule has 2 aromatic heterocycles. The molecule has 0 spiro atoms. The maximum Gasteiger partial charge on any atom is 0.410 e. The lowest BCUT2D eigenvalue weighted by atomic mass is 9.77. The number of amides is 1. The number of cyclic esters (lactones) is 1. The van der Waals surface area contributed by atoms with E-state index < -0.39 is 23.6 Å². The fourth-order valence-electron chi connectivity index (χ4n) is 3.59. The predicted octanol–water partition coefficient (Wildman–Crippen LogP) is 3.05. The fourth-order valence-corrected chi connectivity index (χ4v) is 3.59. The van der Waals surface area contributed by atoms with Gasteiger partial charge in [0.05, 0.1) is 12.6 Å². The summed E-state index contributed by atoms with van der Waals surface area (Å²) in [7, 11) is 0. The molecule has 1 saturated heterocycles. The number of hydrogen-bond donors (Lipinski definition) is 1. The van der Waals surface area contributed by atoms with Crippen molar-refractivity contribution in [2.75, 3.05) is 13.2 Å². The van der Waals surface area contributed by atoms with Crippen molar-refractivity contribution in [3.8, 4) is 0 Å². The molecule has 0 saturated carbocycles. The number of benzene rings is 1. The quantitative estimate of drug-likeness (QED) is 0.737. The first-order chi connectivity index (χ1) is 13.6. The van der Waals surface area contributed by atoms with Crippen molar-refractivity contribution in [1.82, 2.24) is 14.9 Å². The molecule has 1 fully saturated rings. The standard InChI is InChI=1S/C21H18FN3O3/c22-18-7-5-15(6-8-18)19(25-11-12-28-20(25)26)21(27,16-3-1-9-23-13-16)17-4-2-10-24-14-17/h1-10,13-14,19,27H,11-12H2. The largest absolute Gasteiger partial charge is 0.448 e. The number of carbonyl (C=O) groups is 1. The van der Waals surface area contributed by atoms with Crippen molar-refractivity contribution in [3.63, 3.8) is 0 Å². The van der Waals surface area contributed by atoms with Crippen LogP contribution in [0.3, 0.4) is 0 Å². The summed E-state index contributed by atoms with van der Waals surface area (Å²) in [4.78, 5) is 22.2. The lowest BCUT2D eigenvalue weighted by Crippen LogP contribution is -2.45. The Balaban J connectivity index is 1.96. The van der Waals surface area contributed by atoms with Crippen LogP contribution in [-0.4, -0.2) is 39.2 Å². The van der Waals surface area contributed by atoms with E-state index >= 15 is 0 Å². The van der Waals surface area contributed by atoms with Crippen LogP contribution in [0.15, 0.2) is 73.3 Å². The van der Waals surface area contributed by atoms with Crippen LogP contribution in [0.2, 0.25) is 0 Å². The van der Waals surface area contributed by atoms with Crippen LogP contribution in [0.4, 0.5) is 9.18 Å². The third kappa shape index (κ3) is 3.10. The van der Waals surface area contributed by atoms with Gasteiger partial charge in [-0.25, -0.2) is 9.18 Å². The Morgan fingerprint density at radius 3 is 2.11 bits per heavy atom. The highest BCUT2D eigenvalue weighted by Gasteiger charge is 2.48. The number of hydrogen-bond acceptors (Lipinski definition) is 5. The van der Waals surface area contributed by atoms with E-state index in [-0.39, 0.29) is 6.61 Å². The van der Waals surface area contributed by atoms with Gasteiger partial charge >= 0.3 is 6.09 Å². The van der Waals surface area contributed by atoms with E-state index in [0.29, 0.717) is 23.2 Å². The van der Waals surface area contributed by atoms with Crippen LogP contribution in [0.25, 0.3) is 0 Å². The maximum absolute atomic E-state index is 13.6. The number of ether oxygens (including phenoxy) is 1. The molecule has 0 aliphatic carbocycles. The number of nitrogens with zero attached hydrogens (tertiary/aromatic N) is 3. The van der Waals surface area contributed by atoms with E-state index in [9.17, 15) is 14.3 Å². The molecule has 142 valence electrons. The van der Waals surface area contributed by atoms with Gasteiger partial charge in [-0.15, -0.1) is 0 Å². The number of carbonyl (C=O) groups excluding carboxylic acids is 1. The van der Waals surface area contributed by atoms with E-state index in [0.717, 1.165) is 0 Å². The monoisotopic (exact) mass is 379 g/mol. The van der Waals surface area contributed by atoms with Gasteiger partial charge in [-0.1, -0.05) is 24.3 Å². The average Bonchev–Trinajstić information content (AvgIpc) is 3.16. The third-order valence-corrected chi connectivity index (χ3v) is 4.89. The van der Waals surface area contributed by atoms with Crippen molar-refractivity contribution in [2.45, 2.75) is 11.6 Å². The lowest BCUT2D eigenvalue weighted by molar-refractivity contribution is -0.00469. The minimum absolute atomic E-state index is 0.215. The van der Waals surface area contributed by atoms with E-state index in [4.69, 9.17) is 4.74 Å². The molecule has 1 aliphatic heterocycles. The minimum atomic E-state index is -1.68. The number of aromatic nitrogens is 2. The van der Waals surface area contributed by atoms with Crippen molar-refractivity contribution in [3.05, 3.63) is 95.8 Å². The first-order valence-electron chi connectivity index (χ1n) is 8.83. The van der Waals surface area contributed by atoms with E-state index in [2.05, 4.69) is 9.97 Å². The minimum Gasteiger partial charge on any atom is -0.448 e. The zero-order valence-electron chi connectivity index (χ0n) is 14.9. The summed E-state index contributed by atoms with van der Waals surface area (Å²) in [5.74, 6) is -0.405. The highest BCUT2D eigenvalue weighted by atomic mass is 19.1. The van der Waals surface area contributed by atoms with Crippen molar-refractivity contribution in [2.24, 2.45) is 0 Å². The molecule has 1 aliphatic rings. The Morgan fingerprint density at radius 1 is 1.04 bits per heavy atom. The molecule has 4 rings (SSSR count). The third-order valence-electron chi connectivity index (χ3n) is 4.89. The summed E-state index contributed by atoms with van der Waals surface area (Å²) in [5.41, 5.74) is -0.145. The summed E-state index contributed by atoms with van der Waals surface area (Å²) >= 11 is 0. The number of halogens is 1. The van der Waals surface area contributed by atoms with Crippen LogP contribution < -0.4 is 0 Å². The Morgan fingerprint density at radius 2 is 1.64 bits per heavy atom. The van der Waals surface area contributed by atoms with Gasteiger partial charge in [-0.2, -0.15) is 0 Å². The molecular weight excluding hydrogens is 361 g/mol. The smallest absolute Gasteiger partial charge is 0.410 e. The molecule has 0 radical (unpaired) electrons.